The first kappa shape index (κ1) is 21.8. The zero-order valence-corrected chi connectivity index (χ0v) is 17.9. The highest BCUT2D eigenvalue weighted by Crippen LogP contribution is 2.32. The van der Waals surface area contributed by atoms with Crippen molar-refractivity contribution in [3.8, 4) is 17.4 Å². The van der Waals surface area contributed by atoms with E-state index in [1.165, 1.54) is 19.2 Å². The van der Waals surface area contributed by atoms with Crippen molar-refractivity contribution in [1.82, 2.24) is 15.0 Å². The van der Waals surface area contributed by atoms with Crippen LogP contribution in [-0.4, -0.2) is 45.7 Å². The van der Waals surface area contributed by atoms with E-state index in [9.17, 15) is 13.2 Å². The Hall–Kier alpha value is -2.85. The van der Waals surface area contributed by atoms with Crippen LogP contribution < -0.4 is 24.2 Å². The van der Waals surface area contributed by atoms with E-state index in [1.807, 2.05) is 0 Å². The smallest absolute Gasteiger partial charge is 0.241 e. The molecule has 2 N–H and O–H groups in total. The third kappa shape index (κ3) is 5.00. The van der Waals surface area contributed by atoms with Gasteiger partial charge in [0.25, 0.3) is 0 Å². The van der Waals surface area contributed by atoms with Crippen molar-refractivity contribution in [2.24, 2.45) is 5.92 Å². The molecule has 0 saturated carbocycles. The predicted molar refractivity (Wildman–Crippen MR) is 109 cm³/mol. The van der Waals surface area contributed by atoms with E-state index in [4.69, 9.17) is 14.2 Å². The Labute approximate surface area is 175 Å². The topological polar surface area (TPSA) is 116 Å². The Morgan fingerprint density at radius 3 is 2.63 bits per heavy atom. The number of carbonyl (C=O) groups excluding carboxylic acids is 1. The number of aromatic nitrogens is 1. The average Bonchev–Trinajstić information content (AvgIpc) is 2.75. The number of amides is 1. The van der Waals surface area contributed by atoms with E-state index < -0.39 is 22.0 Å². The predicted octanol–water partition coefficient (Wildman–Crippen LogP) is 1.48. The molecule has 10 heteroatoms. The largest absolute Gasteiger partial charge is 0.486 e. The number of hydrogen-bond acceptors (Lipinski definition) is 7. The molecule has 0 unspecified atom stereocenters. The maximum Gasteiger partial charge on any atom is 0.241 e. The highest BCUT2D eigenvalue weighted by molar-refractivity contribution is 7.89. The van der Waals surface area contributed by atoms with Crippen molar-refractivity contribution in [2.45, 2.75) is 31.3 Å². The average molecular weight is 436 g/mol. The fourth-order valence-electron chi connectivity index (χ4n) is 2.95. The zero-order chi connectivity index (χ0) is 21.7. The molecule has 30 heavy (non-hydrogen) atoms. The number of rotatable bonds is 8. The first-order chi connectivity index (χ1) is 14.3. The molecule has 0 radical (unpaired) electrons. The van der Waals surface area contributed by atoms with Crippen molar-refractivity contribution < 1.29 is 27.4 Å². The van der Waals surface area contributed by atoms with Crippen molar-refractivity contribution in [1.29, 1.82) is 0 Å². The number of fused-ring (bicyclic) bond motifs is 1. The summed E-state index contributed by atoms with van der Waals surface area (Å²) in [7, 11) is -2.47. The molecule has 162 valence electrons. The molecule has 0 bridgehead atoms. The number of nitrogens with one attached hydrogen (secondary N) is 2. The molecule has 1 aliphatic heterocycles. The van der Waals surface area contributed by atoms with Gasteiger partial charge in [0.1, 0.15) is 19.3 Å². The molecule has 0 fully saturated rings. The van der Waals surface area contributed by atoms with Gasteiger partial charge in [-0.2, -0.15) is 4.72 Å². The maximum absolute atomic E-state index is 12.9. The van der Waals surface area contributed by atoms with E-state index in [2.05, 4.69) is 15.0 Å². The highest BCUT2D eigenvalue weighted by Gasteiger charge is 2.29. The van der Waals surface area contributed by atoms with Crippen LogP contribution in [0.4, 0.5) is 0 Å². The number of nitrogens with zero attached hydrogens (tertiary/aromatic N) is 1. The second kappa shape index (κ2) is 9.31. The molecule has 0 spiro atoms. The van der Waals surface area contributed by atoms with Crippen molar-refractivity contribution in [3.05, 3.63) is 42.1 Å². The quantitative estimate of drug-likeness (QED) is 0.645. The molecule has 9 nitrogen and oxygen atoms in total. The molecular weight excluding hydrogens is 410 g/mol. The Bertz CT molecular complexity index is 1010. The minimum Gasteiger partial charge on any atom is -0.486 e. The van der Waals surface area contributed by atoms with Crippen LogP contribution in [0.25, 0.3) is 0 Å². The van der Waals surface area contributed by atoms with Crippen molar-refractivity contribution >= 4 is 15.9 Å². The third-order valence-electron chi connectivity index (χ3n) is 4.55. The van der Waals surface area contributed by atoms with Gasteiger partial charge in [-0.1, -0.05) is 19.9 Å². The van der Waals surface area contributed by atoms with Gasteiger partial charge in [-0.05, 0) is 24.1 Å². The first-order valence-electron chi connectivity index (χ1n) is 9.49. The summed E-state index contributed by atoms with van der Waals surface area (Å²) in [5, 5.41) is 2.75. The van der Waals surface area contributed by atoms with Gasteiger partial charge in [0.15, 0.2) is 11.5 Å². The second-order valence-corrected chi connectivity index (χ2v) is 8.75. The minimum atomic E-state index is -3.96. The lowest BCUT2D eigenvalue weighted by molar-refractivity contribution is -0.123. The summed E-state index contributed by atoms with van der Waals surface area (Å²) in [6.45, 7) is 4.45. The zero-order valence-electron chi connectivity index (χ0n) is 17.0. The van der Waals surface area contributed by atoms with Gasteiger partial charge in [0, 0.05) is 24.4 Å². The Kier molecular flexibility index (Phi) is 6.78. The maximum atomic E-state index is 12.9. The van der Waals surface area contributed by atoms with Gasteiger partial charge in [-0.25, -0.2) is 13.4 Å². The number of methoxy groups -OCH3 is 1. The molecule has 3 rings (SSSR count). The van der Waals surface area contributed by atoms with Crippen LogP contribution in [0.3, 0.4) is 0 Å². The Morgan fingerprint density at radius 1 is 1.20 bits per heavy atom. The van der Waals surface area contributed by atoms with Crippen LogP contribution in [0, 0.1) is 5.92 Å². The molecular formula is C20H25N3O6S. The number of carbonyl (C=O) groups is 1. The SMILES string of the molecule is COc1ncccc1CNC(=O)[C@H](NS(=O)(=O)c1ccc2c(c1)OCCO2)C(C)C. The van der Waals surface area contributed by atoms with Crippen LogP contribution >= 0.6 is 0 Å². The number of hydrogen-bond donors (Lipinski definition) is 2. The molecule has 1 atom stereocenters. The highest BCUT2D eigenvalue weighted by atomic mass is 32.2. The lowest BCUT2D eigenvalue weighted by Gasteiger charge is -2.23. The first-order valence-corrected chi connectivity index (χ1v) is 11.0. The monoisotopic (exact) mass is 435 g/mol. The molecule has 1 aliphatic rings. The Balaban J connectivity index is 1.73. The van der Waals surface area contributed by atoms with E-state index in [0.29, 0.717) is 36.2 Å². The lowest BCUT2D eigenvalue weighted by Crippen LogP contribution is -2.49. The van der Waals surface area contributed by atoms with Crippen molar-refractivity contribution in [3.63, 3.8) is 0 Å². The third-order valence-corrected chi connectivity index (χ3v) is 5.99. The summed E-state index contributed by atoms with van der Waals surface area (Å²) >= 11 is 0. The van der Waals surface area contributed by atoms with Gasteiger partial charge in [0.05, 0.1) is 12.0 Å². The van der Waals surface area contributed by atoms with Crippen LogP contribution in [-0.2, 0) is 21.4 Å². The van der Waals surface area contributed by atoms with E-state index in [0.717, 1.165) is 0 Å². The fraction of sp³-hybridized carbons (Fsp3) is 0.400. The molecule has 1 aromatic carbocycles. The van der Waals surface area contributed by atoms with Gasteiger partial charge in [-0.15, -0.1) is 0 Å². The molecule has 0 aliphatic carbocycles. The summed E-state index contributed by atoms with van der Waals surface area (Å²) in [6.07, 6.45) is 1.59. The van der Waals surface area contributed by atoms with Crippen LogP contribution in [0.2, 0.25) is 0 Å². The van der Waals surface area contributed by atoms with Crippen LogP contribution in [0.15, 0.2) is 41.4 Å². The normalized spacial score (nSPS) is 14.3. The number of sulfonamides is 1. The fourth-order valence-corrected chi connectivity index (χ4v) is 4.31. The Morgan fingerprint density at radius 2 is 1.93 bits per heavy atom. The minimum absolute atomic E-state index is 0.000807. The summed E-state index contributed by atoms with van der Waals surface area (Å²) < 4.78 is 44.3. The molecule has 1 aromatic heterocycles. The molecule has 2 heterocycles. The summed E-state index contributed by atoms with van der Waals surface area (Å²) in [5.41, 5.74) is 0.686. The van der Waals surface area contributed by atoms with E-state index >= 15 is 0 Å². The number of benzene rings is 1. The van der Waals surface area contributed by atoms with Gasteiger partial charge < -0.3 is 19.5 Å². The van der Waals surface area contributed by atoms with Gasteiger partial charge in [0.2, 0.25) is 21.8 Å². The molecule has 1 amide bonds. The van der Waals surface area contributed by atoms with Crippen LogP contribution in [0.1, 0.15) is 19.4 Å². The van der Waals surface area contributed by atoms with E-state index in [-0.39, 0.29) is 17.4 Å². The summed E-state index contributed by atoms with van der Waals surface area (Å²) in [6, 6.07) is 6.90. The van der Waals surface area contributed by atoms with E-state index in [1.54, 1.807) is 38.2 Å². The van der Waals surface area contributed by atoms with Gasteiger partial charge >= 0.3 is 0 Å². The number of ether oxygens (including phenoxy) is 3. The summed E-state index contributed by atoms with van der Waals surface area (Å²) in [5.74, 6) is 0.516. The van der Waals surface area contributed by atoms with Gasteiger partial charge in [-0.3, -0.25) is 4.79 Å². The lowest BCUT2D eigenvalue weighted by atomic mass is 10.0. The number of pyridine rings is 1. The molecule has 2 aromatic rings. The molecule has 0 saturated heterocycles. The summed E-state index contributed by atoms with van der Waals surface area (Å²) in [4.78, 5) is 16.8. The van der Waals surface area contributed by atoms with Crippen molar-refractivity contribution in [2.75, 3.05) is 20.3 Å². The van der Waals surface area contributed by atoms with Crippen LogP contribution in [0.5, 0.6) is 17.4 Å². The second-order valence-electron chi connectivity index (χ2n) is 7.04. The standard InChI is InChI=1S/C20H25N3O6S/c1-13(2)18(19(24)22-12-14-5-4-8-21-20(14)27-3)23-30(25,26)15-6-7-16-17(11-15)29-10-9-28-16/h4-8,11,13,18,23H,9-10,12H2,1-3H3,(H,22,24)/t18-/m1/s1.